The number of hydrogen-bond donors (Lipinski definition) is 0. The van der Waals surface area contributed by atoms with Crippen LogP contribution in [0, 0.1) is 0 Å². The molecule has 1 aliphatic heterocycles. The first-order valence-corrected chi connectivity index (χ1v) is 7.69. The van der Waals surface area contributed by atoms with Gasteiger partial charge < -0.3 is 4.74 Å². The molecule has 3 rings (SSSR count). The van der Waals surface area contributed by atoms with Gasteiger partial charge in [0.1, 0.15) is 5.75 Å². The molecule has 2 aromatic rings. The van der Waals surface area contributed by atoms with E-state index in [0.717, 1.165) is 30.2 Å². The van der Waals surface area contributed by atoms with Crippen molar-refractivity contribution in [3.8, 4) is 5.75 Å². The standard InChI is InChI=1S/C16H15ClOS/c1-2-9-18-14-8-7-13(17)12-10-11-5-3-4-6-15(11)19-16(12)14/h3-8H,2,9-10H2,1H3. The summed E-state index contributed by atoms with van der Waals surface area (Å²) in [5.41, 5.74) is 2.54. The molecular formula is C16H15ClOS. The smallest absolute Gasteiger partial charge is 0.133 e. The Kier molecular flexibility index (Phi) is 3.72. The normalized spacial score (nSPS) is 12.7. The van der Waals surface area contributed by atoms with Crippen molar-refractivity contribution in [2.45, 2.75) is 29.6 Å². The molecule has 2 aromatic carbocycles. The van der Waals surface area contributed by atoms with Crippen LogP contribution in [-0.2, 0) is 6.42 Å². The van der Waals surface area contributed by atoms with Crippen molar-refractivity contribution in [2.24, 2.45) is 0 Å². The Morgan fingerprint density at radius 2 is 2.05 bits per heavy atom. The predicted molar refractivity (Wildman–Crippen MR) is 80.6 cm³/mol. The van der Waals surface area contributed by atoms with Crippen molar-refractivity contribution < 1.29 is 4.74 Å². The zero-order valence-electron chi connectivity index (χ0n) is 10.8. The summed E-state index contributed by atoms with van der Waals surface area (Å²) in [6, 6.07) is 12.4. The van der Waals surface area contributed by atoms with Gasteiger partial charge in [0.05, 0.1) is 11.5 Å². The summed E-state index contributed by atoms with van der Waals surface area (Å²) >= 11 is 8.11. The van der Waals surface area contributed by atoms with Crippen LogP contribution in [0.3, 0.4) is 0 Å². The molecule has 0 amide bonds. The van der Waals surface area contributed by atoms with Crippen molar-refractivity contribution in [3.63, 3.8) is 0 Å². The van der Waals surface area contributed by atoms with E-state index in [9.17, 15) is 0 Å². The minimum Gasteiger partial charge on any atom is -0.492 e. The summed E-state index contributed by atoms with van der Waals surface area (Å²) < 4.78 is 5.84. The van der Waals surface area contributed by atoms with Gasteiger partial charge in [-0.15, -0.1) is 0 Å². The number of halogens is 1. The Morgan fingerprint density at radius 3 is 2.89 bits per heavy atom. The van der Waals surface area contributed by atoms with E-state index in [2.05, 4.69) is 31.2 Å². The van der Waals surface area contributed by atoms with E-state index in [-0.39, 0.29) is 0 Å². The third kappa shape index (κ3) is 2.47. The first-order chi connectivity index (χ1) is 9.29. The molecule has 0 spiro atoms. The fraction of sp³-hybridized carbons (Fsp3) is 0.250. The SMILES string of the molecule is CCCOc1ccc(Cl)c2c1Sc1ccccc1C2. The minimum absolute atomic E-state index is 0.746. The second-order valence-electron chi connectivity index (χ2n) is 4.59. The fourth-order valence-electron chi connectivity index (χ4n) is 2.23. The average molecular weight is 291 g/mol. The monoisotopic (exact) mass is 290 g/mol. The van der Waals surface area contributed by atoms with Crippen LogP contribution in [0.5, 0.6) is 5.75 Å². The van der Waals surface area contributed by atoms with Gasteiger partial charge in [-0.05, 0) is 35.7 Å². The topological polar surface area (TPSA) is 9.23 Å². The van der Waals surface area contributed by atoms with Crippen LogP contribution in [-0.4, -0.2) is 6.61 Å². The lowest BCUT2D eigenvalue weighted by Gasteiger charge is -2.22. The molecule has 0 unspecified atom stereocenters. The molecule has 3 heteroatoms. The van der Waals surface area contributed by atoms with Gasteiger partial charge in [0.25, 0.3) is 0 Å². The van der Waals surface area contributed by atoms with Crippen LogP contribution in [0.4, 0.5) is 0 Å². The molecule has 1 heterocycles. The zero-order valence-corrected chi connectivity index (χ0v) is 12.4. The Morgan fingerprint density at radius 1 is 1.21 bits per heavy atom. The average Bonchev–Trinajstić information content (AvgIpc) is 2.45. The van der Waals surface area contributed by atoms with E-state index < -0.39 is 0 Å². The third-order valence-corrected chi connectivity index (χ3v) is 4.80. The van der Waals surface area contributed by atoms with Crippen LogP contribution in [0.1, 0.15) is 24.5 Å². The van der Waals surface area contributed by atoms with Crippen LogP contribution < -0.4 is 4.74 Å². The number of rotatable bonds is 3. The minimum atomic E-state index is 0.746. The molecular weight excluding hydrogens is 276 g/mol. The van der Waals surface area contributed by atoms with Gasteiger partial charge in [0, 0.05) is 16.3 Å². The molecule has 98 valence electrons. The quantitative estimate of drug-likeness (QED) is 0.657. The highest BCUT2D eigenvalue weighted by Crippen LogP contribution is 2.46. The lowest BCUT2D eigenvalue weighted by molar-refractivity contribution is 0.309. The maximum absolute atomic E-state index is 6.35. The van der Waals surface area contributed by atoms with Gasteiger partial charge in [0.2, 0.25) is 0 Å². The van der Waals surface area contributed by atoms with Gasteiger partial charge in [-0.3, -0.25) is 0 Å². The summed E-state index contributed by atoms with van der Waals surface area (Å²) in [4.78, 5) is 2.48. The number of hydrogen-bond acceptors (Lipinski definition) is 2. The first kappa shape index (κ1) is 12.9. The van der Waals surface area contributed by atoms with E-state index >= 15 is 0 Å². The van der Waals surface area contributed by atoms with Crippen molar-refractivity contribution in [1.29, 1.82) is 0 Å². The molecule has 0 radical (unpaired) electrons. The number of fused-ring (bicyclic) bond motifs is 2. The number of benzene rings is 2. The highest BCUT2D eigenvalue weighted by atomic mass is 35.5. The summed E-state index contributed by atoms with van der Waals surface area (Å²) in [7, 11) is 0. The van der Waals surface area contributed by atoms with E-state index in [1.807, 2.05) is 12.1 Å². The van der Waals surface area contributed by atoms with E-state index in [4.69, 9.17) is 16.3 Å². The Balaban J connectivity index is 2.03. The molecule has 0 saturated heterocycles. The summed E-state index contributed by atoms with van der Waals surface area (Å²) in [6.07, 6.45) is 1.90. The highest BCUT2D eigenvalue weighted by molar-refractivity contribution is 7.99. The van der Waals surface area contributed by atoms with Crippen molar-refractivity contribution in [1.82, 2.24) is 0 Å². The molecule has 0 aliphatic carbocycles. The second kappa shape index (κ2) is 5.48. The molecule has 1 nitrogen and oxygen atoms in total. The maximum Gasteiger partial charge on any atom is 0.133 e. The molecule has 0 fully saturated rings. The van der Waals surface area contributed by atoms with Crippen LogP contribution in [0.25, 0.3) is 0 Å². The van der Waals surface area contributed by atoms with Gasteiger partial charge in [-0.2, -0.15) is 0 Å². The molecule has 0 saturated carbocycles. The molecule has 0 N–H and O–H groups in total. The second-order valence-corrected chi connectivity index (χ2v) is 6.05. The molecule has 0 aromatic heterocycles. The van der Waals surface area contributed by atoms with E-state index in [0.29, 0.717) is 0 Å². The maximum atomic E-state index is 6.35. The lowest BCUT2D eigenvalue weighted by atomic mass is 10.0. The Hall–Kier alpha value is -1.12. The van der Waals surface area contributed by atoms with Crippen LogP contribution >= 0.6 is 23.4 Å². The largest absolute Gasteiger partial charge is 0.492 e. The van der Waals surface area contributed by atoms with Gasteiger partial charge in [0.15, 0.2) is 0 Å². The Labute approximate surface area is 122 Å². The van der Waals surface area contributed by atoms with Crippen molar-refractivity contribution in [2.75, 3.05) is 6.61 Å². The lowest BCUT2D eigenvalue weighted by Crippen LogP contribution is -2.04. The molecule has 0 atom stereocenters. The first-order valence-electron chi connectivity index (χ1n) is 6.49. The van der Waals surface area contributed by atoms with Crippen molar-refractivity contribution in [3.05, 3.63) is 52.5 Å². The molecule has 1 aliphatic rings. The van der Waals surface area contributed by atoms with Crippen molar-refractivity contribution >= 4 is 23.4 Å². The Bertz CT molecular complexity index is 610. The fourth-order valence-corrected chi connectivity index (χ4v) is 3.69. The molecule has 19 heavy (non-hydrogen) atoms. The summed E-state index contributed by atoms with van der Waals surface area (Å²) in [5.74, 6) is 0.959. The zero-order chi connectivity index (χ0) is 13.2. The van der Waals surface area contributed by atoms with Crippen LogP contribution in [0.2, 0.25) is 5.02 Å². The van der Waals surface area contributed by atoms with Crippen LogP contribution in [0.15, 0.2) is 46.2 Å². The van der Waals surface area contributed by atoms with Gasteiger partial charge in [-0.25, -0.2) is 0 Å². The highest BCUT2D eigenvalue weighted by Gasteiger charge is 2.21. The van der Waals surface area contributed by atoms with E-state index in [1.54, 1.807) is 11.8 Å². The van der Waals surface area contributed by atoms with E-state index in [1.165, 1.54) is 20.9 Å². The predicted octanol–water partition coefficient (Wildman–Crippen LogP) is 5.18. The summed E-state index contributed by atoms with van der Waals surface area (Å²) in [6.45, 7) is 2.86. The van der Waals surface area contributed by atoms with Gasteiger partial charge >= 0.3 is 0 Å². The summed E-state index contributed by atoms with van der Waals surface area (Å²) in [5, 5.41) is 0.834. The van der Waals surface area contributed by atoms with Gasteiger partial charge in [-0.1, -0.05) is 48.5 Å². The molecule has 0 bridgehead atoms. The number of ether oxygens (including phenoxy) is 1. The third-order valence-electron chi connectivity index (χ3n) is 3.18.